The Morgan fingerprint density at radius 3 is 1.85 bits per heavy atom. The molecule has 0 aromatic heterocycles. The lowest BCUT2D eigenvalue weighted by molar-refractivity contribution is 1.23. The van der Waals surface area contributed by atoms with Gasteiger partial charge in [0, 0.05) is 5.56 Å². The van der Waals surface area contributed by atoms with Crippen LogP contribution in [0, 0.1) is 0 Å². The lowest BCUT2D eigenvalue weighted by Gasteiger charge is -2.04. The third-order valence-corrected chi connectivity index (χ3v) is 3.02. The van der Waals surface area contributed by atoms with E-state index in [9.17, 15) is 0 Å². The molecule has 0 N–H and O–H groups in total. The molecule has 0 aliphatic heterocycles. The summed E-state index contributed by atoms with van der Waals surface area (Å²) in [6.45, 7) is 0. The van der Waals surface area contributed by atoms with E-state index >= 15 is 0 Å². The summed E-state index contributed by atoms with van der Waals surface area (Å²) in [6.07, 6.45) is 0. The van der Waals surface area contributed by atoms with Crippen LogP contribution in [0.1, 0.15) is 0 Å². The van der Waals surface area contributed by atoms with Crippen molar-refractivity contribution >= 4 is 11.4 Å². The second-order valence-corrected chi connectivity index (χ2v) is 4.42. The van der Waals surface area contributed by atoms with Crippen LogP contribution in [0.2, 0.25) is 0 Å². The first-order valence-corrected chi connectivity index (χ1v) is 6.55. The van der Waals surface area contributed by atoms with E-state index in [-0.39, 0.29) is 0 Å². The minimum Gasteiger partial charge on any atom is -0.151 e. The van der Waals surface area contributed by atoms with E-state index < -0.39 is 0 Å². The van der Waals surface area contributed by atoms with Crippen LogP contribution in [0.4, 0.5) is 11.4 Å². The fourth-order valence-corrected chi connectivity index (χ4v) is 2.03. The maximum absolute atomic E-state index is 4.38. The first-order valence-electron chi connectivity index (χ1n) is 6.55. The highest BCUT2D eigenvalue weighted by molar-refractivity contribution is 5.75. The van der Waals surface area contributed by atoms with Crippen molar-refractivity contribution in [3.05, 3.63) is 84.9 Å². The van der Waals surface area contributed by atoms with E-state index in [0.717, 1.165) is 22.5 Å². The Morgan fingerprint density at radius 2 is 1.10 bits per heavy atom. The van der Waals surface area contributed by atoms with E-state index in [4.69, 9.17) is 0 Å². The third-order valence-electron chi connectivity index (χ3n) is 3.02. The van der Waals surface area contributed by atoms with Crippen molar-refractivity contribution in [2.75, 3.05) is 0 Å². The zero-order valence-corrected chi connectivity index (χ0v) is 11.0. The normalized spacial score (nSPS) is 10.8. The molecule has 0 amide bonds. The molecular weight excluding hydrogens is 244 g/mol. The second kappa shape index (κ2) is 5.93. The summed E-state index contributed by atoms with van der Waals surface area (Å²) in [4.78, 5) is 0. The molecule has 2 heteroatoms. The van der Waals surface area contributed by atoms with Gasteiger partial charge in [-0.25, -0.2) is 0 Å². The number of azo groups is 1. The maximum Gasteiger partial charge on any atom is 0.0935 e. The van der Waals surface area contributed by atoms with Crippen LogP contribution in [0.25, 0.3) is 11.1 Å². The van der Waals surface area contributed by atoms with Crippen molar-refractivity contribution in [3.63, 3.8) is 0 Å². The van der Waals surface area contributed by atoms with Gasteiger partial charge < -0.3 is 0 Å². The number of nitrogens with zero attached hydrogens (tertiary/aromatic N) is 2. The predicted octanol–water partition coefficient (Wildman–Crippen LogP) is 5.77. The first kappa shape index (κ1) is 12.3. The minimum absolute atomic E-state index is 0.857. The average molecular weight is 258 g/mol. The second-order valence-electron chi connectivity index (χ2n) is 4.42. The van der Waals surface area contributed by atoms with Gasteiger partial charge in [0.15, 0.2) is 0 Å². The van der Waals surface area contributed by atoms with Gasteiger partial charge >= 0.3 is 0 Å². The molecule has 0 atom stereocenters. The monoisotopic (exact) mass is 258 g/mol. The van der Waals surface area contributed by atoms with Gasteiger partial charge in [-0.15, -0.1) is 5.11 Å². The van der Waals surface area contributed by atoms with E-state index in [1.165, 1.54) is 0 Å². The van der Waals surface area contributed by atoms with Gasteiger partial charge in [0.2, 0.25) is 0 Å². The quantitative estimate of drug-likeness (QED) is 0.533. The summed E-state index contributed by atoms with van der Waals surface area (Å²) in [5.74, 6) is 0. The molecule has 0 unspecified atom stereocenters. The summed E-state index contributed by atoms with van der Waals surface area (Å²) in [6, 6.07) is 28.0. The number of hydrogen-bond acceptors (Lipinski definition) is 2. The van der Waals surface area contributed by atoms with Crippen LogP contribution in [0.3, 0.4) is 0 Å². The Morgan fingerprint density at radius 1 is 0.500 bits per heavy atom. The van der Waals surface area contributed by atoms with Crippen molar-refractivity contribution in [2.45, 2.75) is 0 Å². The van der Waals surface area contributed by atoms with Crippen molar-refractivity contribution in [1.29, 1.82) is 0 Å². The van der Waals surface area contributed by atoms with Crippen molar-refractivity contribution in [3.8, 4) is 11.1 Å². The van der Waals surface area contributed by atoms with Crippen LogP contribution in [0.15, 0.2) is 95.2 Å². The molecule has 3 rings (SSSR count). The summed E-state index contributed by atoms with van der Waals surface area (Å²) < 4.78 is 0. The molecule has 2 nitrogen and oxygen atoms in total. The van der Waals surface area contributed by atoms with Gasteiger partial charge in [-0.3, -0.25) is 0 Å². The molecule has 96 valence electrons. The molecule has 0 bridgehead atoms. The van der Waals surface area contributed by atoms with Gasteiger partial charge in [0.25, 0.3) is 0 Å². The molecule has 0 radical (unpaired) electrons. The van der Waals surface area contributed by atoms with E-state index in [1.807, 2.05) is 66.7 Å². The highest BCUT2D eigenvalue weighted by atomic mass is 15.1. The van der Waals surface area contributed by atoms with Crippen LogP contribution >= 0.6 is 0 Å². The Bertz CT molecular complexity index is 704. The summed E-state index contributed by atoms with van der Waals surface area (Å²) >= 11 is 0. The molecule has 0 heterocycles. The van der Waals surface area contributed by atoms with Gasteiger partial charge in [0.05, 0.1) is 11.4 Å². The predicted molar refractivity (Wildman–Crippen MR) is 82.5 cm³/mol. The van der Waals surface area contributed by atoms with Crippen LogP contribution in [-0.4, -0.2) is 0 Å². The van der Waals surface area contributed by atoms with E-state index in [2.05, 4.69) is 28.4 Å². The molecular formula is C18H14N2. The van der Waals surface area contributed by atoms with Crippen LogP contribution < -0.4 is 0 Å². The highest BCUT2D eigenvalue weighted by Gasteiger charge is 2.02. The highest BCUT2D eigenvalue weighted by Crippen LogP contribution is 2.30. The topological polar surface area (TPSA) is 24.7 Å². The zero-order chi connectivity index (χ0) is 13.6. The van der Waals surface area contributed by atoms with Gasteiger partial charge in [-0.2, -0.15) is 5.11 Å². The maximum atomic E-state index is 4.38. The van der Waals surface area contributed by atoms with E-state index in [0.29, 0.717) is 0 Å². The molecule has 0 aliphatic rings. The molecule has 0 fully saturated rings. The molecule has 20 heavy (non-hydrogen) atoms. The first-order chi connectivity index (χ1) is 9.93. The van der Waals surface area contributed by atoms with Crippen LogP contribution in [0.5, 0.6) is 0 Å². The SMILES string of the molecule is c1ccc(/N=N/c2ccccc2-c2ccccc2)cc1. The zero-order valence-electron chi connectivity index (χ0n) is 11.0. The average Bonchev–Trinajstić information content (AvgIpc) is 2.55. The number of benzene rings is 3. The Kier molecular flexibility index (Phi) is 3.65. The van der Waals surface area contributed by atoms with E-state index in [1.54, 1.807) is 0 Å². The standard InChI is InChI=1S/C18H14N2/c1-3-9-15(10-4-1)17-13-7-8-14-18(17)20-19-16-11-5-2-6-12-16/h1-14H/b20-19+. The summed E-state index contributed by atoms with van der Waals surface area (Å²) in [5.41, 5.74) is 3.97. The van der Waals surface area contributed by atoms with Gasteiger partial charge in [0.1, 0.15) is 0 Å². The minimum atomic E-state index is 0.857. The van der Waals surface area contributed by atoms with Crippen molar-refractivity contribution in [2.24, 2.45) is 10.2 Å². The number of hydrogen-bond donors (Lipinski definition) is 0. The lowest BCUT2D eigenvalue weighted by Crippen LogP contribution is -1.77. The largest absolute Gasteiger partial charge is 0.151 e. The Labute approximate surface area is 118 Å². The molecule has 3 aromatic rings. The Hall–Kier alpha value is -2.74. The van der Waals surface area contributed by atoms with Crippen LogP contribution in [-0.2, 0) is 0 Å². The molecule has 0 saturated carbocycles. The lowest BCUT2D eigenvalue weighted by atomic mass is 10.0. The smallest absolute Gasteiger partial charge is 0.0935 e. The summed E-state index contributed by atoms with van der Waals surface area (Å²) in [5, 5.41) is 8.67. The fourth-order valence-electron chi connectivity index (χ4n) is 2.03. The summed E-state index contributed by atoms with van der Waals surface area (Å²) in [7, 11) is 0. The molecule has 0 saturated heterocycles. The molecule has 0 spiro atoms. The van der Waals surface area contributed by atoms with Gasteiger partial charge in [-0.1, -0.05) is 66.7 Å². The van der Waals surface area contributed by atoms with Crippen molar-refractivity contribution < 1.29 is 0 Å². The number of rotatable bonds is 3. The molecule has 3 aromatic carbocycles. The third kappa shape index (κ3) is 2.81. The van der Waals surface area contributed by atoms with Crippen molar-refractivity contribution in [1.82, 2.24) is 0 Å². The Balaban J connectivity index is 1.97. The molecule has 0 aliphatic carbocycles. The fraction of sp³-hybridized carbons (Fsp3) is 0. The van der Waals surface area contributed by atoms with Gasteiger partial charge in [-0.05, 0) is 23.8 Å².